The summed E-state index contributed by atoms with van der Waals surface area (Å²) in [4.78, 5) is 0. The van der Waals surface area contributed by atoms with Gasteiger partial charge in [-0.1, -0.05) is 28.9 Å². The molecule has 0 saturated carbocycles. The first-order chi connectivity index (χ1) is 9.24. The van der Waals surface area contributed by atoms with Crippen LogP contribution in [0.3, 0.4) is 0 Å². The van der Waals surface area contributed by atoms with Crippen molar-refractivity contribution < 1.29 is 10.2 Å². The average Bonchev–Trinajstić information content (AvgIpc) is 2.81. The molecular weight excluding hydrogens is 266 g/mol. The van der Waals surface area contributed by atoms with Crippen molar-refractivity contribution in [1.82, 2.24) is 15.0 Å². The fraction of sp³-hybridized carbons (Fsp3) is 0.385. The molecule has 0 radical (unpaired) electrons. The summed E-state index contributed by atoms with van der Waals surface area (Å²) in [5, 5.41) is 26.8. The summed E-state index contributed by atoms with van der Waals surface area (Å²) in [6.07, 6.45) is 1.24. The normalized spacial score (nSPS) is 10.9. The lowest BCUT2D eigenvalue weighted by atomic mass is 10.1. The van der Waals surface area contributed by atoms with E-state index >= 15 is 0 Å². The Morgan fingerprint density at radius 1 is 1.16 bits per heavy atom. The molecule has 0 aliphatic rings. The maximum Gasteiger partial charge on any atom is 0.112 e. The van der Waals surface area contributed by atoms with Crippen LogP contribution in [-0.4, -0.2) is 31.8 Å². The predicted molar refractivity (Wildman–Crippen MR) is 71.9 cm³/mol. The lowest BCUT2D eigenvalue weighted by Crippen LogP contribution is -2.08. The second-order valence-corrected chi connectivity index (χ2v) is 4.68. The molecule has 1 aromatic carbocycles. The molecule has 102 valence electrons. The number of halogens is 1. The monoisotopic (exact) mass is 281 g/mol. The maximum absolute atomic E-state index is 9.29. The molecule has 0 bridgehead atoms. The molecule has 5 nitrogen and oxygen atoms in total. The van der Waals surface area contributed by atoms with Crippen molar-refractivity contribution in [3.8, 4) is 0 Å². The van der Waals surface area contributed by atoms with Gasteiger partial charge in [-0.3, -0.25) is 0 Å². The van der Waals surface area contributed by atoms with Crippen LogP contribution in [0.2, 0.25) is 5.02 Å². The molecule has 0 unspecified atom stereocenters. The molecule has 0 aliphatic carbocycles. The van der Waals surface area contributed by atoms with Crippen LogP contribution in [-0.2, 0) is 19.6 Å². The highest BCUT2D eigenvalue weighted by Crippen LogP contribution is 2.16. The topological polar surface area (TPSA) is 71.2 Å². The zero-order valence-corrected chi connectivity index (χ0v) is 11.2. The Morgan fingerprint density at radius 3 is 2.53 bits per heavy atom. The summed E-state index contributed by atoms with van der Waals surface area (Å²) in [5.74, 6) is 0. The molecule has 0 atom stereocenters. The molecule has 0 spiro atoms. The van der Waals surface area contributed by atoms with Crippen LogP contribution in [0.5, 0.6) is 0 Å². The van der Waals surface area contributed by atoms with Gasteiger partial charge in [0.1, 0.15) is 5.69 Å². The van der Waals surface area contributed by atoms with Gasteiger partial charge < -0.3 is 10.2 Å². The minimum Gasteiger partial charge on any atom is -0.396 e. The second-order valence-electron chi connectivity index (χ2n) is 4.24. The van der Waals surface area contributed by atoms with Gasteiger partial charge in [-0.2, -0.15) is 0 Å². The molecule has 1 heterocycles. The number of benzene rings is 1. The van der Waals surface area contributed by atoms with Gasteiger partial charge in [0.25, 0.3) is 0 Å². The Balaban J connectivity index is 2.21. The molecule has 0 saturated heterocycles. The van der Waals surface area contributed by atoms with Crippen LogP contribution in [0.1, 0.15) is 23.4 Å². The Hall–Kier alpha value is -1.43. The van der Waals surface area contributed by atoms with Gasteiger partial charge in [-0.15, -0.1) is 5.10 Å². The van der Waals surface area contributed by atoms with Crippen LogP contribution in [0, 0.1) is 0 Å². The molecule has 0 fully saturated rings. The maximum atomic E-state index is 9.29. The van der Waals surface area contributed by atoms with E-state index in [-0.39, 0.29) is 13.2 Å². The zero-order chi connectivity index (χ0) is 13.7. The van der Waals surface area contributed by atoms with Gasteiger partial charge >= 0.3 is 0 Å². The van der Waals surface area contributed by atoms with Crippen molar-refractivity contribution in [3.05, 3.63) is 46.2 Å². The van der Waals surface area contributed by atoms with Crippen LogP contribution in [0.4, 0.5) is 0 Å². The van der Waals surface area contributed by atoms with Crippen LogP contribution < -0.4 is 0 Å². The first-order valence-electron chi connectivity index (χ1n) is 6.12. The number of hydrogen-bond donors (Lipinski definition) is 2. The van der Waals surface area contributed by atoms with Gasteiger partial charge in [-0.25, -0.2) is 4.68 Å². The van der Waals surface area contributed by atoms with Crippen molar-refractivity contribution in [1.29, 1.82) is 0 Å². The van der Waals surface area contributed by atoms with E-state index in [0.717, 1.165) is 11.3 Å². The van der Waals surface area contributed by atoms with E-state index in [1.54, 1.807) is 4.68 Å². The highest BCUT2D eigenvalue weighted by atomic mass is 35.5. The van der Waals surface area contributed by atoms with Crippen molar-refractivity contribution in [2.24, 2.45) is 0 Å². The van der Waals surface area contributed by atoms with E-state index in [1.807, 2.05) is 24.3 Å². The lowest BCUT2D eigenvalue weighted by molar-refractivity contribution is 0.273. The highest BCUT2D eigenvalue weighted by Gasteiger charge is 2.12. The third-order valence-electron chi connectivity index (χ3n) is 2.88. The van der Waals surface area contributed by atoms with Crippen LogP contribution in [0.25, 0.3) is 0 Å². The standard InChI is InChI=1S/C13H16ClN3O2/c14-11-4-2-10(3-5-11)8-13-12(9-19)15-16-17(13)6-1-7-18/h2-5,18-19H,1,6-9H2. The Kier molecular flexibility index (Phi) is 4.90. The van der Waals surface area contributed by atoms with Crippen molar-refractivity contribution in [2.45, 2.75) is 26.0 Å². The third-order valence-corrected chi connectivity index (χ3v) is 3.13. The quantitative estimate of drug-likeness (QED) is 0.839. The smallest absolute Gasteiger partial charge is 0.112 e. The summed E-state index contributed by atoms with van der Waals surface area (Å²) in [7, 11) is 0. The molecule has 6 heteroatoms. The number of aliphatic hydroxyl groups is 2. The lowest BCUT2D eigenvalue weighted by Gasteiger charge is -2.07. The Labute approximate surface area is 116 Å². The van der Waals surface area contributed by atoms with Crippen molar-refractivity contribution >= 4 is 11.6 Å². The first kappa shape index (κ1) is 14.0. The number of aryl methyl sites for hydroxylation is 1. The SMILES string of the molecule is OCCCn1nnc(CO)c1Cc1ccc(Cl)cc1. The minimum absolute atomic E-state index is 0.106. The summed E-state index contributed by atoms with van der Waals surface area (Å²) < 4.78 is 1.73. The molecule has 1 aromatic heterocycles. The Bertz CT molecular complexity index is 525. The molecule has 0 aliphatic heterocycles. The molecule has 2 N–H and O–H groups in total. The number of nitrogens with zero attached hydrogens (tertiary/aromatic N) is 3. The van der Waals surface area contributed by atoms with E-state index in [9.17, 15) is 5.11 Å². The molecule has 2 rings (SSSR count). The highest BCUT2D eigenvalue weighted by molar-refractivity contribution is 6.30. The third kappa shape index (κ3) is 3.53. The number of aliphatic hydroxyl groups excluding tert-OH is 2. The largest absolute Gasteiger partial charge is 0.396 e. The van der Waals surface area contributed by atoms with Gasteiger partial charge in [0.15, 0.2) is 0 Å². The summed E-state index contributed by atoms with van der Waals surface area (Å²) >= 11 is 5.85. The van der Waals surface area contributed by atoms with E-state index < -0.39 is 0 Å². The van der Waals surface area contributed by atoms with Gasteiger partial charge in [0, 0.05) is 24.6 Å². The van der Waals surface area contributed by atoms with E-state index in [0.29, 0.717) is 30.1 Å². The molecule has 2 aromatic rings. The number of rotatable bonds is 6. The summed E-state index contributed by atoms with van der Waals surface area (Å²) in [6.45, 7) is 0.559. The second kappa shape index (κ2) is 6.65. The fourth-order valence-electron chi connectivity index (χ4n) is 1.88. The van der Waals surface area contributed by atoms with Crippen molar-refractivity contribution in [2.75, 3.05) is 6.61 Å². The van der Waals surface area contributed by atoms with E-state index in [4.69, 9.17) is 16.7 Å². The molecule has 19 heavy (non-hydrogen) atoms. The predicted octanol–water partition coefficient (Wildman–Crippen LogP) is 1.40. The fourth-order valence-corrected chi connectivity index (χ4v) is 2.01. The van der Waals surface area contributed by atoms with Crippen LogP contribution >= 0.6 is 11.6 Å². The minimum atomic E-state index is -0.137. The average molecular weight is 282 g/mol. The summed E-state index contributed by atoms with van der Waals surface area (Å²) in [6, 6.07) is 7.54. The summed E-state index contributed by atoms with van der Waals surface area (Å²) in [5.41, 5.74) is 2.53. The van der Waals surface area contributed by atoms with E-state index in [2.05, 4.69) is 10.3 Å². The number of aromatic nitrogens is 3. The van der Waals surface area contributed by atoms with E-state index in [1.165, 1.54) is 0 Å². The number of hydrogen-bond acceptors (Lipinski definition) is 4. The van der Waals surface area contributed by atoms with Gasteiger partial charge in [0.2, 0.25) is 0 Å². The van der Waals surface area contributed by atoms with Crippen molar-refractivity contribution in [3.63, 3.8) is 0 Å². The zero-order valence-electron chi connectivity index (χ0n) is 10.5. The van der Waals surface area contributed by atoms with Gasteiger partial charge in [-0.05, 0) is 24.1 Å². The first-order valence-corrected chi connectivity index (χ1v) is 6.49. The van der Waals surface area contributed by atoms with Crippen LogP contribution in [0.15, 0.2) is 24.3 Å². The molecular formula is C13H16ClN3O2. The molecule has 0 amide bonds. The van der Waals surface area contributed by atoms with Gasteiger partial charge in [0.05, 0.1) is 12.3 Å². The Morgan fingerprint density at radius 2 is 1.89 bits per heavy atom.